The van der Waals surface area contributed by atoms with Gasteiger partial charge in [-0.25, -0.2) is 29.9 Å². The molecule has 0 amide bonds. The summed E-state index contributed by atoms with van der Waals surface area (Å²) >= 11 is 0. The molecule has 56 heavy (non-hydrogen) atoms. The molecule has 0 N–H and O–H groups in total. The molecule has 4 heterocycles. The zero-order chi connectivity index (χ0) is 37.0. The summed E-state index contributed by atoms with van der Waals surface area (Å²) in [5.74, 6) is 3.43. The molecule has 0 fully saturated rings. The molecule has 8 heteroatoms. The van der Waals surface area contributed by atoms with E-state index in [-0.39, 0.29) is 0 Å². The first-order valence-electron chi connectivity index (χ1n) is 18.3. The molecule has 0 radical (unpaired) electrons. The van der Waals surface area contributed by atoms with Gasteiger partial charge < -0.3 is 8.83 Å². The third-order valence-electron chi connectivity index (χ3n) is 10.0. The molecule has 4 aromatic heterocycles. The minimum atomic E-state index is 0.555. The molecule has 0 aliphatic rings. The van der Waals surface area contributed by atoms with Crippen molar-refractivity contribution >= 4 is 43.9 Å². The minimum absolute atomic E-state index is 0.555. The largest absolute Gasteiger partial charge is 0.456 e. The van der Waals surface area contributed by atoms with Crippen LogP contribution in [0.2, 0.25) is 0 Å². The number of rotatable bonds is 6. The van der Waals surface area contributed by atoms with Gasteiger partial charge in [0.2, 0.25) is 0 Å². The van der Waals surface area contributed by atoms with Crippen molar-refractivity contribution in [3.8, 4) is 68.3 Å². The van der Waals surface area contributed by atoms with Gasteiger partial charge in [0.15, 0.2) is 34.9 Å². The fourth-order valence-corrected chi connectivity index (χ4v) is 7.20. The van der Waals surface area contributed by atoms with Gasteiger partial charge in [0, 0.05) is 54.9 Å². The summed E-state index contributed by atoms with van der Waals surface area (Å²) in [4.78, 5) is 29.9. The molecule has 11 aromatic rings. The Balaban J connectivity index is 1.01. The van der Waals surface area contributed by atoms with Crippen molar-refractivity contribution in [3.05, 3.63) is 170 Å². The first-order chi connectivity index (χ1) is 27.7. The molecular formula is C48H28N6O2. The van der Waals surface area contributed by atoms with E-state index in [9.17, 15) is 0 Å². The highest BCUT2D eigenvalue weighted by molar-refractivity contribution is 6.07. The summed E-state index contributed by atoms with van der Waals surface area (Å²) in [6.45, 7) is 0. The van der Waals surface area contributed by atoms with Crippen LogP contribution in [0.3, 0.4) is 0 Å². The molecule has 11 rings (SSSR count). The van der Waals surface area contributed by atoms with Crippen molar-refractivity contribution in [1.29, 1.82) is 0 Å². The molecule has 8 nitrogen and oxygen atoms in total. The van der Waals surface area contributed by atoms with Crippen LogP contribution in [-0.2, 0) is 0 Å². The second kappa shape index (κ2) is 12.9. The Kier molecular flexibility index (Phi) is 7.31. The van der Waals surface area contributed by atoms with Gasteiger partial charge in [0.25, 0.3) is 0 Å². The van der Waals surface area contributed by atoms with E-state index in [0.29, 0.717) is 34.9 Å². The molecular weight excluding hydrogens is 693 g/mol. The topological polar surface area (TPSA) is 104 Å². The van der Waals surface area contributed by atoms with Crippen LogP contribution < -0.4 is 0 Å². The van der Waals surface area contributed by atoms with Crippen molar-refractivity contribution in [2.75, 3.05) is 0 Å². The molecule has 0 unspecified atom stereocenters. The van der Waals surface area contributed by atoms with Gasteiger partial charge >= 0.3 is 0 Å². The second-order valence-electron chi connectivity index (χ2n) is 13.5. The Hall–Kier alpha value is -7.84. The standard InChI is InChI=1S/C48H28N6O2/c1-3-11-29(12-4-1)43-49-45(53-47(51-43)33-23-25-41-37(27-33)35-15-7-9-17-39(35)55-41)31-19-21-32(22-20-31)46-50-44(30-13-5-2-6-14-30)52-48(54-46)34-24-26-42-38(28-34)36-16-8-10-18-40(36)56-42/h1-28H. The molecule has 7 aromatic carbocycles. The van der Waals surface area contributed by atoms with Crippen LogP contribution in [0.25, 0.3) is 112 Å². The number of benzene rings is 7. The SMILES string of the molecule is c1ccc(-c2nc(-c3ccc(-c4nc(-c5ccccc5)nc(-c5ccc6oc7ccccc7c6c5)n4)cc3)nc(-c3ccc4oc5ccccc5c4c3)n2)cc1. The Bertz CT molecular complexity index is 3030. The quantitative estimate of drug-likeness (QED) is 0.167. The molecule has 0 saturated heterocycles. The van der Waals surface area contributed by atoms with Gasteiger partial charge in [-0.1, -0.05) is 121 Å². The third-order valence-corrected chi connectivity index (χ3v) is 10.0. The fraction of sp³-hybridized carbons (Fsp3) is 0. The van der Waals surface area contributed by atoms with Crippen LogP contribution in [0.5, 0.6) is 0 Å². The van der Waals surface area contributed by atoms with Crippen LogP contribution in [0.4, 0.5) is 0 Å². The number of aromatic nitrogens is 6. The summed E-state index contributed by atoms with van der Waals surface area (Å²) in [5, 5.41) is 4.11. The summed E-state index contributed by atoms with van der Waals surface area (Å²) in [6, 6.07) is 56.2. The van der Waals surface area contributed by atoms with Crippen molar-refractivity contribution < 1.29 is 8.83 Å². The van der Waals surface area contributed by atoms with Gasteiger partial charge in [-0.05, 0) is 48.5 Å². The summed E-state index contributed by atoms with van der Waals surface area (Å²) in [7, 11) is 0. The number of hydrogen-bond donors (Lipinski definition) is 0. The Morgan fingerprint density at radius 3 is 0.911 bits per heavy atom. The van der Waals surface area contributed by atoms with E-state index in [1.54, 1.807) is 0 Å². The van der Waals surface area contributed by atoms with E-state index in [2.05, 4.69) is 24.3 Å². The molecule has 0 atom stereocenters. The zero-order valence-electron chi connectivity index (χ0n) is 29.7. The van der Waals surface area contributed by atoms with Crippen molar-refractivity contribution in [2.45, 2.75) is 0 Å². The van der Waals surface area contributed by atoms with E-state index < -0.39 is 0 Å². The van der Waals surface area contributed by atoms with Crippen LogP contribution in [0.1, 0.15) is 0 Å². The fourth-order valence-electron chi connectivity index (χ4n) is 7.20. The van der Waals surface area contributed by atoms with Gasteiger partial charge in [0.05, 0.1) is 0 Å². The summed E-state index contributed by atoms with van der Waals surface area (Å²) in [6.07, 6.45) is 0. The van der Waals surface area contributed by atoms with E-state index >= 15 is 0 Å². The first-order valence-corrected chi connectivity index (χ1v) is 18.3. The normalized spacial score (nSPS) is 11.6. The lowest BCUT2D eigenvalue weighted by Gasteiger charge is -2.10. The third kappa shape index (κ3) is 5.56. The Labute approximate surface area is 319 Å². The van der Waals surface area contributed by atoms with E-state index in [1.807, 2.05) is 146 Å². The molecule has 0 aliphatic carbocycles. The predicted octanol–water partition coefficient (Wildman–Crippen LogP) is 11.9. The number of furan rings is 2. The Morgan fingerprint density at radius 2 is 0.518 bits per heavy atom. The lowest BCUT2D eigenvalue weighted by Crippen LogP contribution is -2.01. The van der Waals surface area contributed by atoms with Gasteiger partial charge in [-0.15, -0.1) is 0 Å². The number of para-hydroxylation sites is 2. The highest BCUT2D eigenvalue weighted by Gasteiger charge is 2.17. The average molecular weight is 721 g/mol. The van der Waals surface area contributed by atoms with Crippen molar-refractivity contribution in [3.63, 3.8) is 0 Å². The van der Waals surface area contributed by atoms with Crippen LogP contribution in [-0.4, -0.2) is 29.9 Å². The lowest BCUT2D eigenvalue weighted by atomic mass is 10.1. The maximum absolute atomic E-state index is 6.10. The van der Waals surface area contributed by atoms with E-state index in [1.165, 1.54) is 0 Å². The molecule has 0 bridgehead atoms. The van der Waals surface area contributed by atoms with Crippen LogP contribution in [0.15, 0.2) is 179 Å². The minimum Gasteiger partial charge on any atom is -0.456 e. The second-order valence-corrected chi connectivity index (χ2v) is 13.5. The maximum Gasteiger partial charge on any atom is 0.164 e. The van der Waals surface area contributed by atoms with Gasteiger partial charge in [0.1, 0.15) is 22.3 Å². The molecule has 262 valence electrons. The van der Waals surface area contributed by atoms with E-state index in [4.69, 9.17) is 38.7 Å². The highest BCUT2D eigenvalue weighted by Crippen LogP contribution is 2.35. The van der Waals surface area contributed by atoms with Gasteiger partial charge in [-0.3, -0.25) is 0 Å². The average Bonchev–Trinajstić information content (AvgIpc) is 3.84. The first kappa shape index (κ1) is 31.7. The predicted molar refractivity (Wildman–Crippen MR) is 220 cm³/mol. The number of fused-ring (bicyclic) bond motifs is 6. The summed E-state index contributed by atoms with van der Waals surface area (Å²) in [5.41, 5.74) is 8.52. The lowest BCUT2D eigenvalue weighted by molar-refractivity contribution is 0.668. The van der Waals surface area contributed by atoms with Gasteiger partial charge in [-0.2, -0.15) is 0 Å². The van der Waals surface area contributed by atoms with Crippen molar-refractivity contribution in [2.24, 2.45) is 0 Å². The molecule has 0 spiro atoms. The Morgan fingerprint density at radius 1 is 0.232 bits per heavy atom. The zero-order valence-corrected chi connectivity index (χ0v) is 29.7. The number of nitrogens with zero attached hydrogens (tertiary/aromatic N) is 6. The van der Waals surface area contributed by atoms with E-state index in [0.717, 1.165) is 77.3 Å². The summed E-state index contributed by atoms with van der Waals surface area (Å²) < 4.78 is 12.2. The smallest absolute Gasteiger partial charge is 0.164 e. The monoisotopic (exact) mass is 720 g/mol. The van der Waals surface area contributed by atoms with Crippen LogP contribution >= 0.6 is 0 Å². The molecule has 0 saturated carbocycles. The van der Waals surface area contributed by atoms with Crippen molar-refractivity contribution in [1.82, 2.24) is 29.9 Å². The maximum atomic E-state index is 6.10. The highest BCUT2D eigenvalue weighted by atomic mass is 16.3. The van der Waals surface area contributed by atoms with Crippen LogP contribution in [0, 0.1) is 0 Å². The number of hydrogen-bond acceptors (Lipinski definition) is 8. The molecule has 0 aliphatic heterocycles.